The second kappa shape index (κ2) is 6.86. The van der Waals surface area contributed by atoms with Crippen molar-refractivity contribution in [2.24, 2.45) is 0 Å². The number of nitrogens with one attached hydrogen (secondary N) is 1. The van der Waals surface area contributed by atoms with Crippen LogP contribution in [0.4, 0.5) is 11.4 Å². The number of rotatable bonds is 4. The molecule has 0 radical (unpaired) electrons. The van der Waals surface area contributed by atoms with Crippen molar-refractivity contribution in [1.82, 2.24) is 4.98 Å². The van der Waals surface area contributed by atoms with Gasteiger partial charge in [0.05, 0.1) is 29.0 Å². The van der Waals surface area contributed by atoms with E-state index in [4.69, 9.17) is 26.8 Å². The fourth-order valence-electron chi connectivity index (χ4n) is 2.39. The molecule has 0 fully saturated rings. The van der Waals surface area contributed by atoms with E-state index >= 15 is 0 Å². The zero-order chi connectivity index (χ0) is 18.0. The van der Waals surface area contributed by atoms with Gasteiger partial charge in [-0.25, -0.2) is 0 Å². The molecule has 0 bridgehead atoms. The van der Waals surface area contributed by atoms with Crippen molar-refractivity contribution in [3.05, 3.63) is 47.6 Å². The highest BCUT2D eigenvalue weighted by atomic mass is 35.5. The molecule has 0 aliphatic rings. The standard InChI is InChI=1S/C18H16ClN3O3/c1-10(23)22-16-8-12-15(9-18(16)24-2)21-6-5-17(12)25-11-3-4-14(20)13(19)7-11/h3-9H,20H2,1-2H3,(H,22,23). The van der Waals surface area contributed by atoms with Gasteiger partial charge in [-0.15, -0.1) is 0 Å². The minimum atomic E-state index is -0.200. The quantitative estimate of drug-likeness (QED) is 0.682. The lowest BCUT2D eigenvalue weighted by atomic mass is 10.1. The Morgan fingerprint density at radius 3 is 2.68 bits per heavy atom. The summed E-state index contributed by atoms with van der Waals surface area (Å²) in [5.74, 6) is 1.43. The normalized spacial score (nSPS) is 10.5. The number of nitrogens with zero attached hydrogens (tertiary/aromatic N) is 1. The zero-order valence-corrected chi connectivity index (χ0v) is 14.4. The molecule has 2 aromatic carbocycles. The first-order valence-corrected chi connectivity index (χ1v) is 7.83. The Morgan fingerprint density at radius 1 is 1.20 bits per heavy atom. The number of nitrogen functional groups attached to an aromatic ring is 1. The number of hydrogen-bond acceptors (Lipinski definition) is 5. The average molecular weight is 358 g/mol. The van der Waals surface area contributed by atoms with Crippen molar-refractivity contribution in [2.45, 2.75) is 6.92 Å². The minimum absolute atomic E-state index is 0.200. The van der Waals surface area contributed by atoms with Gasteiger partial charge in [0.25, 0.3) is 0 Å². The molecule has 1 heterocycles. The summed E-state index contributed by atoms with van der Waals surface area (Å²) >= 11 is 6.04. The number of benzene rings is 2. The number of hydrogen-bond donors (Lipinski definition) is 2. The molecule has 1 amide bonds. The van der Waals surface area contributed by atoms with Gasteiger partial charge in [0, 0.05) is 30.6 Å². The smallest absolute Gasteiger partial charge is 0.221 e. The monoisotopic (exact) mass is 357 g/mol. The van der Waals surface area contributed by atoms with Gasteiger partial charge in [-0.2, -0.15) is 0 Å². The van der Waals surface area contributed by atoms with Crippen molar-refractivity contribution in [2.75, 3.05) is 18.2 Å². The maximum Gasteiger partial charge on any atom is 0.221 e. The highest BCUT2D eigenvalue weighted by Gasteiger charge is 2.12. The Bertz CT molecular complexity index is 960. The van der Waals surface area contributed by atoms with Crippen LogP contribution in [-0.2, 0) is 4.79 Å². The van der Waals surface area contributed by atoms with Crippen LogP contribution in [-0.4, -0.2) is 18.0 Å². The van der Waals surface area contributed by atoms with Gasteiger partial charge in [0.15, 0.2) is 0 Å². The Hall–Kier alpha value is -2.99. The van der Waals surface area contributed by atoms with E-state index in [1.807, 2.05) is 0 Å². The third-order valence-corrected chi connectivity index (χ3v) is 3.86. The van der Waals surface area contributed by atoms with E-state index in [0.29, 0.717) is 39.2 Å². The Balaban J connectivity index is 2.08. The number of carbonyl (C=O) groups is 1. The molecule has 0 atom stereocenters. The molecule has 0 saturated carbocycles. The number of anilines is 2. The number of halogens is 1. The SMILES string of the molecule is COc1cc2nccc(Oc3ccc(N)c(Cl)c3)c2cc1NC(C)=O. The van der Waals surface area contributed by atoms with Crippen LogP contribution in [0, 0.1) is 0 Å². The van der Waals surface area contributed by atoms with E-state index in [9.17, 15) is 4.79 Å². The molecule has 1 aromatic heterocycles. The number of nitrogens with two attached hydrogens (primary N) is 1. The molecule has 0 unspecified atom stereocenters. The summed E-state index contributed by atoms with van der Waals surface area (Å²) in [6, 6.07) is 10.3. The Morgan fingerprint density at radius 2 is 2.00 bits per heavy atom. The summed E-state index contributed by atoms with van der Waals surface area (Å²) in [7, 11) is 1.53. The zero-order valence-electron chi connectivity index (χ0n) is 13.7. The fourth-order valence-corrected chi connectivity index (χ4v) is 2.56. The van der Waals surface area contributed by atoms with Crippen LogP contribution in [0.2, 0.25) is 5.02 Å². The van der Waals surface area contributed by atoms with E-state index in [-0.39, 0.29) is 5.91 Å². The molecule has 0 aliphatic heterocycles. The molecule has 128 valence electrons. The largest absolute Gasteiger partial charge is 0.494 e. The van der Waals surface area contributed by atoms with E-state index in [1.54, 1.807) is 42.6 Å². The maximum atomic E-state index is 11.4. The van der Waals surface area contributed by atoms with Gasteiger partial charge in [0.1, 0.15) is 17.2 Å². The van der Waals surface area contributed by atoms with Crippen LogP contribution in [0.25, 0.3) is 10.9 Å². The van der Waals surface area contributed by atoms with Crippen LogP contribution in [0.1, 0.15) is 6.92 Å². The first kappa shape index (κ1) is 16.9. The number of aromatic nitrogens is 1. The molecule has 3 rings (SSSR count). The topological polar surface area (TPSA) is 86.5 Å². The van der Waals surface area contributed by atoms with Crippen LogP contribution >= 0.6 is 11.6 Å². The molecular formula is C18H16ClN3O3. The first-order chi connectivity index (χ1) is 12.0. The molecule has 0 spiro atoms. The van der Waals surface area contributed by atoms with E-state index in [0.717, 1.165) is 5.39 Å². The number of carbonyl (C=O) groups excluding carboxylic acids is 1. The predicted molar refractivity (Wildman–Crippen MR) is 98.5 cm³/mol. The van der Waals surface area contributed by atoms with Gasteiger partial charge >= 0.3 is 0 Å². The average Bonchev–Trinajstić information content (AvgIpc) is 2.57. The summed E-state index contributed by atoms with van der Waals surface area (Å²) in [5, 5.41) is 3.87. The van der Waals surface area contributed by atoms with Gasteiger partial charge in [-0.1, -0.05) is 11.6 Å². The molecule has 0 saturated heterocycles. The third-order valence-electron chi connectivity index (χ3n) is 3.53. The highest BCUT2D eigenvalue weighted by Crippen LogP contribution is 2.36. The van der Waals surface area contributed by atoms with Gasteiger partial charge in [0.2, 0.25) is 5.91 Å². The van der Waals surface area contributed by atoms with Crippen molar-refractivity contribution in [1.29, 1.82) is 0 Å². The summed E-state index contributed by atoms with van der Waals surface area (Å²) in [6.45, 7) is 1.43. The molecular weight excluding hydrogens is 342 g/mol. The lowest BCUT2D eigenvalue weighted by Crippen LogP contribution is -2.07. The number of amides is 1. The summed E-state index contributed by atoms with van der Waals surface area (Å²) in [6.07, 6.45) is 1.63. The third kappa shape index (κ3) is 3.59. The lowest BCUT2D eigenvalue weighted by Gasteiger charge is -2.13. The van der Waals surface area contributed by atoms with Gasteiger partial charge in [-0.3, -0.25) is 9.78 Å². The molecule has 6 nitrogen and oxygen atoms in total. The Kier molecular flexibility index (Phi) is 4.63. The van der Waals surface area contributed by atoms with Crippen molar-refractivity contribution < 1.29 is 14.3 Å². The molecule has 25 heavy (non-hydrogen) atoms. The summed E-state index contributed by atoms with van der Waals surface area (Å²) in [5.41, 5.74) is 7.41. The van der Waals surface area contributed by atoms with Crippen molar-refractivity contribution in [3.63, 3.8) is 0 Å². The summed E-state index contributed by atoms with van der Waals surface area (Å²) in [4.78, 5) is 15.7. The van der Waals surface area contributed by atoms with E-state index < -0.39 is 0 Å². The van der Waals surface area contributed by atoms with Crippen molar-refractivity contribution in [3.8, 4) is 17.2 Å². The van der Waals surface area contributed by atoms with Crippen LogP contribution in [0.3, 0.4) is 0 Å². The second-order valence-electron chi connectivity index (χ2n) is 5.35. The van der Waals surface area contributed by atoms with Gasteiger partial charge in [-0.05, 0) is 24.3 Å². The second-order valence-corrected chi connectivity index (χ2v) is 5.75. The van der Waals surface area contributed by atoms with Crippen LogP contribution in [0.5, 0.6) is 17.2 Å². The fraction of sp³-hybridized carbons (Fsp3) is 0.111. The van der Waals surface area contributed by atoms with Crippen LogP contribution in [0.15, 0.2) is 42.6 Å². The van der Waals surface area contributed by atoms with Crippen LogP contribution < -0.4 is 20.5 Å². The number of fused-ring (bicyclic) bond motifs is 1. The van der Waals surface area contributed by atoms with Crippen molar-refractivity contribution >= 4 is 39.8 Å². The molecule has 3 aromatic rings. The molecule has 0 aliphatic carbocycles. The molecule has 3 N–H and O–H groups in total. The van der Waals surface area contributed by atoms with E-state index in [2.05, 4.69) is 10.3 Å². The Labute approximate surface area is 149 Å². The highest BCUT2D eigenvalue weighted by molar-refractivity contribution is 6.33. The minimum Gasteiger partial charge on any atom is -0.494 e. The number of methoxy groups -OCH3 is 1. The van der Waals surface area contributed by atoms with E-state index in [1.165, 1.54) is 14.0 Å². The maximum absolute atomic E-state index is 11.4. The van der Waals surface area contributed by atoms with Gasteiger partial charge < -0.3 is 20.5 Å². The molecule has 7 heteroatoms. The lowest BCUT2D eigenvalue weighted by molar-refractivity contribution is -0.114. The number of ether oxygens (including phenoxy) is 2. The number of pyridine rings is 1. The first-order valence-electron chi connectivity index (χ1n) is 7.45. The predicted octanol–water partition coefficient (Wildman–Crippen LogP) is 4.23. The summed E-state index contributed by atoms with van der Waals surface area (Å²) < 4.78 is 11.2.